The SMILES string of the molecule is COCC(C)NC(N)=NCc1ccc(F)cn1. The number of hydrogen-bond acceptors (Lipinski definition) is 3. The number of nitrogens with two attached hydrogens (primary N) is 1. The van der Waals surface area contributed by atoms with Gasteiger partial charge in [-0.1, -0.05) is 0 Å². The molecule has 3 N–H and O–H groups in total. The number of aromatic nitrogens is 1. The number of pyridine rings is 1. The number of guanidine groups is 1. The Morgan fingerprint density at radius 1 is 1.65 bits per heavy atom. The van der Waals surface area contributed by atoms with Crippen LogP contribution in [-0.4, -0.2) is 30.7 Å². The second-order valence-electron chi connectivity index (χ2n) is 3.67. The molecule has 1 heterocycles. The minimum absolute atomic E-state index is 0.0879. The summed E-state index contributed by atoms with van der Waals surface area (Å²) >= 11 is 0. The molecule has 1 unspecified atom stereocenters. The van der Waals surface area contributed by atoms with Gasteiger partial charge in [0, 0.05) is 13.2 Å². The third kappa shape index (κ3) is 5.26. The Morgan fingerprint density at radius 3 is 3.00 bits per heavy atom. The number of nitrogens with one attached hydrogen (secondary N) is 1. The van der Waals surface area contributed by atoms with Gasteiger partial charge >= 0.3 is 0 Å². The molecule has 0 aliphatic carbocycles. The third-order valence-corrected chi connectivity index (χ3v) is 2.01. The third-order valence-electron chi connectivity index (χ3n) is 2.01. The molecule has 1 aromatic rings. The highest BCUT2D eigenvalue weighted by molar-refractivity contribution is 5.78. The standard InChI is InChI=1S/C11H17FN4O/c1-8(7-17-2)16-11(13)15-6-10-4-3-9(12)5-14-10/h3-5,8H,6-7H2,1-2H3,(H3,13,15,16). The molecule has 6 heteroatoms. The largest absolute Gasteiger partial charge is 0.383 e. The first kappa shape index (κ1) is 13.4. The first-order valence-electron chi connectivity index (χ1n) is 5.27. The smallest absolute Gasteiger partial charge is 0.189 e. The van der Waals surface area contributed by atoms with Crippen LogP contribution < -0.4 is 11.1 Å². The van der Waals surface area contributed by atoms with Gasteiger partial charge in [-0.15, -0.1) is 0 Å². The average Bonchev–Trinajstić information content (AvgIpc) is 2.28. The Kier molecular flexibility index (Phi) is 5.35. The van der Waals surface area contributed by atoms with E-state index in [9.17, 15) is 4.39 Å². The molecule has 5 nitrogen and oxygen atoms in total. The number of hydrogen-bond donors (Lipinski definition) is 2. The summed E-state index contributed by atoms with van der Waals surface area (Å²) in [5.74, 6) is -0.0433. The molecular formula is C11H17FN4O. The summed E-state index contributed by atoms with van der Waals surface area (Å²) in [6.07, 6.45) is 1.15. The summed E-state index contributed by atoms with van der Waals surface area (Å²) in [5, 5.41) is 2.96. The second kappa shape index (κ2) is 6.80. The van der Waals surface area contributed by atoms with Gasteiger partial charge in [0.15, 0.2) is 5.96 Å². The highest BCUT2D eigenvalue weighted by atomic mass is 19.1. The van der Waals surface area contributed by atoms with Crippen LogP contribution in [0.5, 0.6) is 0 Å². The van der Waals surface area contributed by atoms with Gasteiger partial charge in [0.2, 0.25) is 0 Å². The van der Waals surface area contributed by atoms with E-state index in [-0.39, 0.29) is 11.9 Å². The number of methoxy groups -OCH3 is 1. The molecule has 0 aromatic carbocycles. The minimum atomic E-state index is -0.363. The Morgan fingerprint density at radius 2 is 2.41 bits per heavy atom. The maximum Gasteiger partial charge on any atom is 0.189 e. The van der Waals surface area contributed by atoms with Gasteiger partial charge in [-0.05, 0) is 19.1 Å². The van der Waals surface area contributed by atoms with Crippen LogP contribution in [0.2, 0.25) is 0 Å². The summed E-state index contributed by atoms with van der Waals surface area (Å²) in [6, 6.07) is 3.00. The van der Waals surface area contributed by atoms with Crippen LogP contribution in [0.4, 0.5) is 4.39 Å². The lowest BCUT2D eigenvalue weighted by Gasteiger charge is -2.12. The number of aliphatic imine (C=N–C) groups is 1. The predicted octanol–water partition coefficient (Wildman–Crippen LogP) is 0.660. The fourth-order valence-electron chi connectivity index (χ4n) is 1.26. The highest BCUT2D eigenvalue weighted by Crippen LogP contribution is 1.99. The topological polar surface area (TPSA) is 72.5 Å². The highest BCUT2D eigenvalue weighted by Gasteiger charge is 2.01. The molecule has 0 aliphatic rings. The van der Waals surface area contributed by atoms with Gasteiger partial charge in [0.05, 0.1) is 25.0 Å². The van der Waals surface area contributed by atoms with E-state index >= 15 is 0 Å². The molecule has 0 aliphatic heterocycles. The van der Waals surface area contributed by atoms with E-state index in [2.05, 4.69) is 15.3 Å². The Balaban J connectivity index is 2.44. The fourth-order valence-corrected chi connectivity index (χ4v) is 1.26. The van der Waals surface area contributed by atoms with Crippen LogP contribution >= 0.6 is 0 Å². The summed E-state index contributed by atoms with van der Waals surface area (Å²) in [4.78, 5) is 7.96. The zero-order valence-corrected chi connectivity index (χ0v) is 9.98. The van der Waals surface area contributed by atoms with Gasteiger partial charge in [-0.2, -0.15) is 0 Å². The van der Waals surface area contributed by atoms with E-state index in [1.807, 2.05) is 6.92 Å². The molecule has 0 saturated carbocycles. The van der Waals surface area contributed by atoms with Crippen molar-refractivity contribution in [3.05, 3.63) is 29.8 Å². The van der Waals surface area contributed by atoms with Crippen molar-refractivity contribution < 1.29 is 9.13 Å². The molecule has 0 amide bonds. The van der Waals surface area contributed by atoms with E-state index in [0.717, 1.165) is 6.20 Å². The van der Waals surface area contributed by atoms with E-state index in [1.54, 1.807) is 13.2 Å². The lowest BCUT2D eigenvalue weighted by atomic mass is 10.3. The maximum absolute atomic E-state index is 12.6. The second-order valence-corrected chi connectivity index (χ2v) is 3.67. The Hall–Kier alpha value is -1.69. The van der Waals surface area contributed by atoms with Crippen molar-refractivity contribution in [1.82, 2.24) is 10.3 Å². The molecule has 1 aromatic heterocycles. The summed E-state index contributed by atoms with van der Waals surface area (Å²) < 4.78 is 17.5. The lowest BCUT2D eigenvalue weighted by Crippen LogP contribution is -2.40. The molecule has 0 saturated heterocycles. The number of rotatable bonds is 5. The molecule has 0 fully saturated rings. The van der Waals surface area contributed by atoms with Gasteiger partial charge in [-0.25, -0.2) is 9.38 Å². The van der Waals surface area contributed by atoms with Crippen molar-refractivity contribution in [2.24, 2.45) is 10.7 Å². The molecule has 17 heavy (non-hydrogen) atoms. The Bertz CT molecular complexity index is 366. The van der Waals surface area contributed by atoms with Crippen molar-refractivity contribution in [3.8, 4) is 0 Å². The molecule has 0 radical (unpaired) electrons. The molecule has 1 atom stereocenters. The first-order chi connectivity index (χ1) is 8.11. The molecule has 0 bridgehead atoms. The average molecular weight is 240 g/mol. The molecular weight excluding hydrogens is 223 g/mol. The van der Waals surface area contributed by atoms with Crippen LogP contribution in [0.3, 0.4) is 0 Å². The maximum atomic E-state index is 12.6. The normalized spacial score (nSPS) is 13.5. The Labute approximate surface area is 99.9 Å². The van der Waals surface area contributed by atoms with Crippen LogP contribution in [0.15, 0.2) is 23.3 Å². The van der Waals surface area contributed by atoms with Crippen LogP contribution in [0.1, 0.15) is 12.6 Å². The number of nitrogens with zero attached hydrogens (tertiary/aromatic N) is 2. The first-order valence-corrected chi connectivity index (χ1v) is 5.27. The van der Waals surface area contributed by atoms with E-state index < -0.39 is 0 Å². The summed E-state index contributed by atoms with van der Waals surface area (Å²) in [5.41, 5.74) is 6.33. The summed E-state index contributed by atoms with van der Waals surface area (Å²) in [7, 11) is 1.62. The quantitative estimate of drug-likeness (QED) is 0.586. The van der Waals surface area contributed by atoms with Gasteiger partial charge in [0.25, 0.3) is 0 Å². The van der Waals surface area contributed by atoms with Gasteiger partial charge in [-0.3, -0.25) is 4.98 Å². The summed E-state index contributed by atoms with van der Waals surface area (Å²) in [6.45, 7) is 2.80. The molecule has 94 valence electrons. The predicted molar refractivity (Wildman–Crippen MR) is 64.0 cm³/mol. The van der Waals surface area contributed by atoms with Crippen molar-refractivity contribution in [3.63, 3.8) is 0 Å². The van der Waals surface area contributed by atoms with E-state index in [4.69, 9.17) is 10.5 Å². The fraction of sp³-hybridized carbons (Fsp3) is 0.455. The van der Waals surface area contributed by atoms with Crippen LogP contribution in [-0.2, 0) is 11.3 Å². The molecule has 1 rings (SSSR count). The van der Waals surface area contributed by atoms with Gasteiger partial charge in [0.1, 0.15) is 5.82 Å². The van der Waals surface area contributed by atoms with Crippen LogP contribution in [0, 0.1) is 5.82 Å². The van der Waals surface area contributed by atoms with Crippen molar-refractivity contribution in [1.29, 1.82) is 0 Å². The van der Waals surface area contributed by atoms with Crippen molar-refractivity contribution in [2.45, 2.75) is 19.5 Å². The number of halogens is 1. The zero-order chi connectivity index (χ0) is 12.7. The molecule has 0 spiro atoms. The lowest BCUT2D eigenvalue weighted by molar-refractivity contribution is 0.179. The number of ether oxygens (including phenoxy) is 1. The monoisotopic (exact) mass is 240 g/mol. The zero-order valence-electron chi connectivity index (χ0n) is 9.98. The van der Waals surface area contributed by atoms with Crippen LogP contribution in [0.25, 0.3) is 0 Å². The van der Waals surface area contributed by atoms with E-state index in [0.29, 0.717) is 24.8 Å². The van der Waals surface area contributed by atoms with Gasteiger partial charge < -0.3 is 15.8 Å². The minimum Gasteiger partial charge on any atom is -0.383 e. The van der Waals surface area contributed by atoms with Crippen molar-refractivity contribution >= 4 is 5.96 Å². The van der Waals surface area contributed by atoms with Crippen molar-refractivity contribution in [2.75, 3.05) is 13.7 Å². The van der Waals surface area contributed by atoms with E-state index in [1.165, 1.54) is 6.07 Å².